The van der Waals surface area contributed by atoms with Crippen LogP contribution in [0.25, 0.3) is 0 Å². The van der Waals surface area contributed by atoms with Crippen LogP contribution in [0, 0.1) is 11.8 Å². The van der Waals surface area contributed by atoms with E-state index < -0.39 is 0 Å². The van der Waals surface area contributed by atoms with Gasteiger partial charge in [0, 0.05) is 12.5 Å². The van der Waals surface area contributed by atoms with E-state index in [-0.39, 0.29) is 6.10 Å². The molecule has 3 unspecified atom stereocenters. The van der Waals surface area contributed by atoms with Crippen LogP contribution >= 0.6 is 0 Å². The van der Waals surface area contributed by atoms with Crippen LogP contribution in [0.2, 0.25) is 0 Å². The molecule has 0 bridgehead atoms. The zero-order valence-electron chi connectivity index (χ0n) is 10.5. The smallest absolute Gasteiger partial charge is 0.0626 e. The molecular weight excluding hydrogens is 200 g/mol. The van der Waals surface area contributed by atoms with Crippen molar-refractivity contribution in [1.82, 2.24) is 0 Å². The van der Waals surface area contributed by atoms with Gasteiger partial charge in [0.2, 0.25) is 0 Å². The minimum Gasteiger partial charge on any atom is -0.393 e. The van der Waals surface area contributed by atoms with Gasteiger partial charge < -0.3 is 9.84 Å². The van der Waals surface area contributed by atoms with Crippen molar-refractivity contribution < 1.29 is 9.84 Å². The highest BCUT2D eigenvalue weighted by Gasteiger charge is 2.33. The lowest BCUT2D eigenvalue weighted by atomic mass is 9.81. The van der Waals surface area contributed by atoms with Crippen LogP contribution < -0.4 is 0 Å². The summed E-state index contributed by atoms with van der Waals surface area (Å²) in [7, 11) is 0. The van der Waals surface area contributed by atoms with E-state index in [1.54, 1.807) is 0 Å². The molecule has 2 fully saturated rings. The Morgan fingerprint density at radius 3 is 2.62 bits per heavy atom. The van der Waals surface area contributed by atoms with Gasteiger partial charge in [-0.3, -0.25) is 0 Å². The van der Waals surface area contributed by atoms with Gasteiger partial charge in [-0.05, 0) is 25.2 Å². The highest BCUT2D eigenvalue weighted by atomic mass is 16.5. The van der Waals surface area contributed by atoms with E-state index in [1.165, 1.54) is 32.1 Å². The molecule has 1 saturated carbocycles. The van der Waals surface area contributed by atoms with Crippen LogP contribution in [0.3, 0.4) is 0 Å². The summed E-state index contributed by atoms with van der Waals surface area (Å²) < 4.78 is 5.67. The number of ether oxygens (including phenoxy) is 1. The van der Waals surface area contributed by atoms with Gasteiger partial charge in [-0.2, -0.15) is 0 Å². The molecule has 1 saturated heterocycles. The van der Waals surface area contributed by atoms with Gasteiger partial charge in [-0.1, -0.05) is 39.0 Å². The third-order valence-corrected chi connectivity index (χ3v) is 4.46. The van der Waals surface area contributed by atoms with Gasteiger partial charge in [0.15, 0.2) is 0 Å². The maximum absolute atomic E-state index is 10.3. The van der Waals surface area contributed by atoms with E-state index in [1.807, 2.05) is 0 Å². The normalized spacial score (nSPS) is 34.1. The summed E-state index contributed by atoms with van der Waals surface area (Å²) in [6.07, 6.45) is 10.1. The van der Waals surface area contributed by atoms with Crippen LogP contribution in [-0.4, -0.2) is 23.9 Å². The van der Waals surface area contributed by atoms with Gasteiger partial charge in [0.1, 0.15) is 0 Å². The molecule has 2 nitrogen and oxygen atoms in total. The Bertz CT molecular complexity index is 199. The lowest BCUT2D eigenvalue weighted by Crippen LogP contribution is -2.30. The molecule has 94 valence electrons. The molecule has 2 heteroatoms. The Hall–Kier alpha value is -0.0800. The summed E-state index contributed by atoms with van der Waals surface area (Å²) in [6.45, 7) is 3.02. The Labute approximate surface area is 99.4 Å². The molecule has 16 heavy (non-hydrogen) atoms. The van der Waals surface area contributed by atoms with Crippen LogP contribution in [0.5, 0.6) is 0 Å². The first-order chi connectivity index (χ1) is 7.81. The Morgan fingerprint density at radius 1 is 1.19 bits per heavy atom. The summed E-state index contributed by atoms with van der Waals surface area (Å²) in [5, 5.41) is 10.3. The first-order valence-corrected chi connectivity index (χ1v) is 7.11. The highest BCUT2D eigenvalue weighted by molar-refractivity contribution is 4.83. The molecule has 3 atom stereocenters. The van der Waals surface area contributed by atoms with Crippen molar-refractivity contribution in [1.29, 1.82) is 0 Å². The van der Waals surface area contributed by atoms with E-state index in [4.69, 9.17) is 4.74 Å². The number of hydrogen-bond acceptors (Lipinski definition) is 2. The van der Waals surface area contributed by atoms with Crippen molar-refractivity contribution in [2.45, 2.75) is 70.5 Å². The summed E-state index contributed by atoms with van der Waals surface area (Å²) >= 11 is 0. The van der Waals surface area contributed by atoms with Crippen molar-refractivity contribution in [2.24, 2.45) is 11.8 Å². The Balaban J connectivity index is 1.79. The maximum Gasteiger partial charge on any atom is 0.0626 e. The van der Waals surface area contributed by atoms with E-state index in [2.05, 4.69) is 6.92 Å². The first-order valence-electron chi connectivity index (χ1n) is 7.11. The lowest BCUT2D eigenvalue weighted by molar-refractivity contribution is 0.0176. The highest BCUT2D eigenvalue weighted by Crippen LogP contribution is 2.33. The largest absolute Gasteiger partial charge is 0.393 e. The summed E-state index contributed by atoms with van der Waals surface area (Å²) in [5.74, 6) is 1.19. The minimum atomic E-state index is -0.115. The molecule has 0 aromatic heterocycles. The lowest BCUT2D eigenvalue weighted by Gasteiger charge is -2.28. The molecule has 1 aliphatic heterocycles. The van der Waals surface area contributed by atoms with Crippen LogP contribution in [0.4, 0.5) is 0 Å². The van der Waals surface area contributed by atoms with Crippen molar-refractivity contribution >= 4 is 0 Å². The molecule has 2 aliphatic rings. The topological polar surface area (TPSA) is 29.5 Å². The predicted octanol–water partition coefficient (Wildman–Crippen LogP) is 3.13. The number of aliphatic hydroxyl groups is 1. The van der Waals surface area contributed by atoms with Crippen LogP contribution in [0.15, 0.2) is 0 Å². The van der Waals surface area contributed by atoms with Crippen molar-refractivity contribution in [3.05, 3.63) is 0 Å². The van der Waals surface area contributed by atoms with Gasteiger partial charge in [-0.15, -0.1) is 0 Å². The van der Waals surface area contributed by atoms with Gasteiger partial charge in [0.25, 0.3) is 0 Å². The zero-order chi connectivity index (χ0) is 11.4. The third-order valence-electron chi connectivity index (χ3n) is 4.46. The fraction of sp³-hybridized carbons (Fsp3) is 1.00. The van der Waals surface area contributed by atoms with Crippen molar-refractivity contribution in [2.75, 3.05) is 6.61 Å². The zero-order valence-corrected chi connectivity index (χ0v) is 10.5. The first kappa shape index (κ1) is 12.4. The molecule has 1 N–H and O–H groups in total. The summed E-state index contributed by atoms with van der Waals surface area (Å²) in [6, 6.07) is 0. The van der Waals surface area contributed by atoms with Gasteiger partial charge >= 0.3 is 0 Å². The van der Waals surface area contributed by atoms with E-state index >= 15 is 0 Å². The molecule has 1 heterocycles. The molecule has 0 aromatic rings. The fourth-order valence-corrected chi connectivity index (χ4v) is 3.46. The summed E-state index contributed by atoms with van der Waals surface area (Å²) in [5.41, 5.74) is 0. The molecule has 0 spiro atoms. The second-order valence-corrected chi connectivity index (χ2v) is 5.58. The standard InChI is InChI=1S/C14H26O2/c1-2-14-12(8-9-16-14)13(15)10-11-6-4-3-5-7-11/h11-15H,2-10H2,1H3. The van der Waals surface area contributed by atoms with Crippen molar-refractivity contribution in [3.63, 3.8) is 0 Å². The van der Waals surface area contributed by atoms with E-state index in [0.717, 1.165) is 31.8 Å². The molecule has 0 amide bonds. The van der Waals surface area contributed by atoms with E-state index in [0.29, 0.717) is 12.0 Å². The Kier molecular flexibility index (Phi) is 4.66. The maximum atomic E-state index is 10.3. The minimum absolute atomic E-state index is 0.115. The fourth-order valence-electron chi connectivity index (χ4n) is 3.46. The van der Waals surface area contributed by atoms with Gasteiger partial charge in [-0.25, -0.2) is 0 Å². The second kappa shape index (κ2) is 6.02. The molecular formula is C14H26O2. The number of hydrogen-bond donors (Lipinski definition) is 1. The predicted molar refractivity (Wildman–Crippen MR) is 65.3 cm³/mol. The third kappa shape index (κ3) is 2.98. The number of rotatable bonds is 4. The van der Waals surface area contributed by atoms with Crippen LogP contribution in [0.1, 0.15) is 58.3 Å². The number of aliphatic hydroxyl groups excluding tert-OH is 1. The van der Waals surface area contributed by atoms with Gasteiger partial charge in [0.05, 0.1) is 12.2 Å². The van der Waals surface area contributed by atoms with E-state index in [9.17, 15) is 5.11 Å². The molecule has 0 aromatic carbocycles. The second-order valence-electron chi connectivity index (χ2n) is 5.58. The SMILES string of the molecule is CCC1OCCC1C(O)CC1CCCCC1. The average Bonchev–Trinajstić information content (AvgIpc) is 2.78. The summed E-state index contributed by atoms with van der Waals surface area (Å²) in [4.78, 5) is 0. The molecule has 1 aliphatic carbocycles. The van der Waals surface area contributed by atoms with Crippen LogP contribution in [-0.2, 0) is 4.74 Å². The van der Waals surface area contributed by atoms with Crippen molar-refractivity contribution in [3.8, 4) is 0 Å². The molecule has 2 rings (SSSR count). The average molecular weight is 226 g/mol. The Morgan fingerprint density at radius 2 is 1.94 bits per heavy atom. The quantitative estimate of drug-likeness (QED) is 0.798. The monoisotopic (exact) mass is 226 g/mol. The molecule has 0 radical (unpaired) electrons.